The van der Waals surface area contributed by atoms with Gasteiger partial charge >= 0.3 is 6.03 Å². The number of amides is 4. The third-order valence-corrected chi connectivity index (χ3v) is 4.06. The number of ether oxygens (including phenoxy) is 1. The van der Waals surface area contributed by atoms with Crippen LogP contribution in [-0.2, 0) is 16.1 Å². The number of urea groups is 1. The highest BCUT2D eigenvalue weighted by molar-refractivity contribution is 6.12. The van der Waals surface area contributed by atoms with Crippen molar-refractivity contribution in [3.63, 3.8) is 0 Å². The van der Waals surface area contributed by atoms with Crippen LogP contribution >= 0.6 is 0 Å². The lowest BCUT2D eigenvalue weighted by Gasteiger charge is -2.17. The van der Waals surface area contributed by atoms with Gasteiger partial charge in [-0.2, -0.15) is 0 Å². The van der Waals surface area contributed by atoms with Crippen molar-refractivity contribution < 1.29 is 19.1 Å². The number of hydrogen-bond donors (Lipinski definition) is 1. The van der Waals surface area contributed by atoms with E-state index in [1.54, 1.807) is 31.3 Å². The number of nitrogens with one attached hydrogen (secondary N) is 1. The molecule has 1 saturated heterocycles. The molecule has 1 aliphatic heterocycles. The number of benzene rings is 2. The molecule has 0 bridgehead atoms. The minimum Gasteiger partial charge on any atom is -0.356 e. The molecule has 0 unspecified atom stereocenters. The van der Waals surface area contributed by atoms with E-state index in [0.717, 1.165) is 10.5 Å². The molecule has 0 atom stereocenters. The second kappa shape index (κ2) is 7.79. The summed E-state index contributed by atoms with van der Waals surface area (Å²) in [6.45, 7) is 0.172. The Balaban J connectivity index is 1.62. The summed E-state index contributed by atoms with van der Waals surface area (Å²) in [6.07, 6.45) is 0. The summed E-state index contributed by atoms with van der Waals surface area (Å²) >= 11 is 0. The zero-order chi connectivity index (χ0) is 18.5. The van der Waals surface area contributed by atoms with E-state index in [4.69, 9.17) is 4.74 Å². The SMILES string of the molecule is CNC(=O)c1ccc(N2CC(=O)N(COCc3ccccc3)C2=O)cc1. The first kappa shape index (κ1) is 17.6. The lowest BCUT2D eigenvalue weighted by atomic mass is 10.2. The van der Waals surface area contributed by atoms with E-state index in [1.807, 2.05) is 30.3 Å². The van der Waals surface area contributed by atoms with E-state index >= 15 is 0 Å². The summed E-state index contributed by atoms with van der Waals surface area (Å²) in [4.78, 5) is 38.7. The minimum atomic E-state index is -0.434. The Hall–Kier alpha value is -3.19. The van der Waals surface area contributed by atoms with E-state index in [1.165, 1.54) is 4.90 Å². The van der Waals surface area contributed by atoms with Crippen molar-refractivity contribution in [2.45, 2.75) is 6.61 Å². The largest absolute Gasteiger partial charge is 0.356 e. The zero-order valence-corrected chi connectivity index (χ0v) is 14.3. The van der Waals surface area contributed by atoms with Gasteiger partial charge in [0.25, 0.3) is 11.8 Å². The van der Waals surface area contributed by atoms with Crippen LogP contribution in [0.15, 0.2) is 54.6 Å². The lowest BCUT2D eigenvalue weighted by Crippen LogP contribution is -2.34. The van der Waals surface area contributed by atoms with Crippen molar-refractivity contribution in [1.29, 1.82) is 0 Å². The van der Waals surface area contributed by atoms with Gasteiger partial charge < -0.3 is 10.1 Å². The molecule has 3 rings (SSSR count). The van der Waals surface area contributed by atoms with E-state index in [0.29, 0.717) is 17.9 Å². The molecule has 26 heavy (non-hydrogen) atoms. The van der Waals surface area contributed by atoms with Crippen LogP contribution in [0.5, 0.6) is 0 Å². The number of carbonyl (C=O) groups excluding carboxylic acids is 3. The standard InChI is InChI=1S/C19H19N3O4/c1-20-18(24)15-7-9-16(10-8-15)21-11-17(23)22(19(21)25)13-26-12-14-5-3-2-4-6-14/h2-10H,11-13H2,1H3,(H,20,24). The Bertz CT molecular complexity index is 805. The predicted molar refractivity (Wildman–Crippen MR) is 95.5 cm³/mol. The third-order valence-electron chi connectivity index (χ3n) is 4.06. The van der Waals surface area contributed by atoms with Crippen LogP contribution in [0.3, 0.4) is 0 Å². The van der Waals surface area contributed by atoms with Crippen LogP contribution < -0.4 is 10.2 Å². The van der Waals surface area contributed by atoms with Crippen molar-refractivity contribution in [3.05, 3.63) is 65.7 Å². The topological polar surface area (TPSA) is 79.0 Å². The minimum absolute atomic E-state index is 0.0488. The van der Waals surface area contributed by atoms with Crippen molar-refractivity contribution in [2.24, 2.45) is 0 Å². The summed E-state index contributed by atoms with van der Waals surface area (Å²) in [5.41, 5.74) is 2.01. The normalized spacial score (nSPS) is 14.0. The van der Waals surface area contributed by atoms with Crippen LogP contribution in [0, 0.1) is 0 Å². The monoisotopic (exact) mass is 353 g/mol. The number of imide groups is 1. The van der Waals surface area contributed by atoms with Crippen molar-refractivity contribution in [3.8, 4) is 0 Å². The van der Waals surface area contributed by atoms with Gasteiger partial charge in [-0.3, -0.25) is 14.5 Å². The summed E-state index contributed by atoms with van der Waals surface area (Å²) in [5.74, 6) is -0.533. The molecular weight excluding hydrogens is 334 g/mol. The fourth-order valence-electron chi connectivity index (χ4n) is 2.64. The molecule has 2 aromatic rings. The molecule has 0 aliphatic carbocycles. The number of hydrogen-bond acceptors (Lipinski definition) is 4. The average molecular weight is 353 g/mol. The molecule has 0 saturated carbocycles. The molecule has 1 N–H and O–H groups in total. The third kappa shape index (κ3) is 3.73. The Morgan fingerprint density at radius 2 is 1.77 bits per heavy atom. The fourth-order valence-corrected chi connectivity index (χ4v) is 2.64. The van der Waals surface area contributed by atoms with E-state index in [2.05, 4.69) is 5.32 Å². The molecule has 1 aliphatic rings. The highest BCUT2D eigenvalue weighted by Crippen LogP contribution is 2.21. The molecule has 2 aromatic carbocycles. The zero-order valence-electron chi connectivity index (χ0n) is 14.3. The molecule has 134 valence electrons. The predicted octanol–water partition coefficient (Wildman–Crippen LogP) is 1.99. The van der Waals surface area contributed by atoms with Crippen LogP contribution in [-0.4, -0.2) is 43.1 Å². The van der Waals surface area contributed by atoms with Crippen molar-refractivity contribution in [2.75, 3.05) is 25.2 Å². The molecule has 1 fully saturated rings. The van der Waals surface area contributed by atoms with Gasteiger partial charge in [-0.05, 0) is 29.8 Å². The van der Waals surface area contributed by atoms with Gasteiger partial charge in [-0.1, -0.05) is 30.3 Å². The maximum atomic E-state index is 12.5. The van der Waals surface area contributed by atoms with E-state index < -0.39 is 6.03 Å². The molecule has 1 heterocycles. The average Bonchev–Trinajstić information content (AvgIpc) is 2.96. The Morgan fingerprint density at radius 1 is 1.08 bits per heavy atom. The van der Waals surface area contributed by atoms with Gasteiger partial charge in [0.05, 0.1) is 6.61 Å². The first-order chi connectivity index (χ1) is 12.6. The van der Waals surface area contributed by atoms with Gasteiger partial charge in [-0.25, -0.2) is 9.69 Å². The summed E-state index contributed by atoms with van der Waals surface area (Å²) in [7, 11) is 1.55. The van der Waals surface area contributed by atoms with Gasteiger partial charge in [0, 0.05) is 18.3 Å². The molecular formula is C19H19N3O4. The molecule has 0 spiro atoms. The maximum absolute atomic E-state index is 12.5. The van der Waals surface area contributed by atoms with E-state index in [9.17, 15) is 14.4 Å². The Kier molecular flexibility index (Phi) is 5.28. The van der Waals surface area contributed by atoms with Gasteiger partial charge in [0.15, 0.2) is 0 Å². The highest BCUT2D eigenvalue weighted by Gasteiger charge is 2.36. The van der Waals surface area contributed by atoms with Crippen LogP contribution in [0.1, 0.15) is 15.9 Å². The van der Waals surface area contributed by atoms with E-state index in [-0.39, 0.29) is 25.1 Å². The lowest BCUT2D eigenvalue weighted by molar-refractivity contribution is -0.129. The molecule has 0 radical (unpaired) electrons. The maximum Gasteiger partial charge on any atom is 0.333 e. The van der Waals surface area contributed by atoms with Crippen LogP contribution in [0.25, 0.3) is 0 Å². The number of rotatable bonds is 6. The Morgan fingerprint density at radius 3 is 2.42 bits per heavy atom. The molecule has 0 aromatic heterocycles. The number of carbonyl (C=O) groups is 3. The summed E-state index contributed by atoms with van der Waals surface area (Å²) < 4.78 is 5.50. The summed E-state index contributed by atoms with van der Waals surface area (Å²) in [5, 5.41) is 2.53. The fraction of sp³-hybridized carbons (Fsp3) is 0.211. The highest BCUT2D eigenvalue weighted by atomic mass is 16.5. The van der Waals surface area contributed by atoms with Crippen molar-refractivity contribution in [1.82, 2.24) is 10.2 Å². The van der Waals surface area contributed by atoms with Crippen LogP contribution in [0.4, 0.5) is 10.5 Å². The number of anilines is 1. The number of nitrogens with zero attached hydrogens (tertiary/aromatic N) is 2. The van der Waals surface area contributed by atoms with Gasteiger partial charge in [0.1, 0.15) is 13.3 Å². The molecule has 7 nitrogen and oxygen atoms in total. The Labute approximate surface area is 151 Å². The van der Waals surface area contributed by atoms with Gasteiger partial charge in [-0.15, -0.1) is 0 Å². The first-order valence-electron chi connectivity index (χ1n) is 8.16. The summed E-state index contributed by atoms with van der Waals surface area (Å²) in [6, 6.07) is 15.6. The van der Waals surface area contributed by atoms with Crippen LogP contribution in [0.2, 0.25) is 0 Å². The molecule has 4 amide bonds. The second-order valence-corrected chi connectivity index (χ2v) is 5.78. The van der Waals surface area contributed by atoms with Crippen molar-refractivity contribution >= 4 is 23.5 Å². The second-order valence-electron chi connectivity index (χ2n) is 5.78. The first-order valence-corrected chi connectivity index (χ1v) is 8.16. The van der Waals surface area contributed by atoms with Gasteiger partial charge in [0.2, 0.25) is 0 Å². The quantitative estimate of drug-likeness (QED) is 0.806. The molecule has 7 heteroatoms. The smallest absolute Gasteiger partial charge is 0.333 e.